The summed E-state index contributed by atoms with van der Waals surface area (Å²) in [4.78, 5) is 16.8. The van der Waals surface area contributed by atoms with Crippen molar-refractivity contribution in [2.75, 3.05) is 32.6 Å². The maximum absolute atomic E-state index is 10.8. The molecule has 0 bridgehead atoms. The third-order valence-corrected chi connectivity index (χ3v) is 1.85. The van der Waals surface area contributed by atoms with E-state index in [2.05, 4.69) is 10.3 Å². The van der Waals surface area contributed by atoms with Gasteiger partial charge in [0.2, 0.25) is 5.91 Å². The molecular formula is C11H17N3O2. The molecule has 1 aromatic rings. The Kier molecular flexibility index (Phi) is 4.72. The minimum atomic E-state index is -0.131. The number of likely N-dealkylation sites (N-methyl/N-ethyl adjacent to an activating group) is 1. The highest BCUT2D eigenvalue weighted by atomic mass is 16.5. The summed E-state index contributed by atoms with van der Waals surface area (Å²) in [5.74, 6) is 1.11. The van der Waals surface area contributed by atoms with Crippen LogP contribution >= 0.6 is 0 Å². The molecule has 0 aliphatic carbocycles. The number of carbonyl (C=O) groups excluding carboxylic acids is 1. The number of aromatic nitrogens is 1. The molecule has 0 fully saturated rings. The molecule has 0 aromatic carbocycles. The molecule has 0 aliphatic heterocycles. The highest BCUT2D eigenvalue weighted by Gasteiger charge is 1.98. The van der Waals surface area contributed by atoms with E-state index in [0.717, 1.165) is 6.54 Å². The van der Waals surface area contributed by atoms with E-state index in [9.17, 15) is 4.79 Å². The van der Waals surface area contributed by atoms with E-state index in [-0.39, 0.29) is 5.91 Å². The topological polar surface area (TPSA) is 54.5 Å². The van der Waals surface area contributed by atoms with Gasteiger partial charge in [0.15, 0.2) is 0 Å². The summed E-state index contributed by atoms with van der Waals surface area (Å²) in [6.45, 7) is 2.92. The maximum atomic E-state index is 10.8. The Morgan fingerprint density at radius 3 is 2.75 bits per heavy atom. The minimum absolute atomic E-state index is 0.131. The number of ether oxygens (including phenoxy) is 1. The number of rotatable bonds is 5. The molecule has 1 N–H and O–H groups in total. The number of amides is 1. The number of carbonyl (C=O) groups is 1. The van der Waals surface area contributed by atoms with Crippen LogP contribution in [0.4, 0.5) is 5.82 Å². The molecule has 1 amide bonds. The third kappa shape index (κ3) is 4.75. The Hall–Kier alpha value is -1.62. The first kappa shape index (κ1) is 12.4. The molecule has 0 radical (unpaired) electrons. The molecule has 0 unspecified atom stereocenters. The number of nitrogens with one attached hydrogen (secondary N) is 1. The lowest BCUT2D eigenvalue weighted by molar-refractivity contribution is -0.114. The molecule has 0 saturated carbocycles. The zero-order valence-electron chi connectivity index (χ0n) is 9.86. The summed E-state index contributed by atoms with van der Waals surface area (Å²) in [6.07, 6.45) is 1.60. The maximum Gasteiger partial charge on any atom is 0.222 e. The standard InChI is InChI=1S/C11H17N3O2/c1-9(15)13-11-5-4-10(8-12-11)16-7-6-14(2)3/h4-5,8H,6-7H2,1-3H3,(H,12,13,15). The van der Waals surface area contributed by atoms with Crippen molar-refractivity contribution in [1.29, 1.82) is 0 Å². The van der Waals surface area contributed by atoms with Crippen LogP contribution in [0.25, 0.3) is 0 Å². The predicted octanol–water partition coefficient (Wildman–Crippen LogP) is 0.980. The van der Waals surface area contributed by atoms with Gasteiger partial charge in [0.25, 0.3) is 0 Å². The number of nitrogens with zero attached hydrogens (tertiary/aromatic N) is 2. The van der Waals surface area contributed by atoms with Crippen molar-refractivity contribution in [3.05, 3.63) is 18.3 Å². The van der Waals surface area contributed by atoms with Gasteiger partial charge in [-0.3, -0.25) is 4.79 Å². The second-order valence-corrected chi connectivity index (χ2v) is 3.71. The van der Waals surface area contributed by atoms with Crippen molar-refractivity contribution >= 4 is 11.7 Å². The van der Waals surface area contributed by atoms with Crippen LogP contribution in [0.5, 0.6) is 5.75 Å². The number of anilines is 1. The van der Waals surface area contributed by atoms with E-state index in [1.165, 1.54) is 6.92 Å². The summed E-state index contributed by atoms with van der Waals surface area (Å²) in [5.41, 5.74) is 0. The Balaban J connectivity index is 2.42. The molecule has 1 rings (SSSR count). The van der Waals surface area contributed by atoms with Crippen LogP contribution in [0.15, 0.2) is 18.3 Å². The fourth-order valence-corrected chi connectivity index (χ4v) is 1.07. The first-order valence-electron chi connectivity index (χ1n) is 5.09. The molecule has 88 valence electrons. The molecule has 1 aromatic heterocycles. The summed E-state index contributed by atoms with van der Waals surface area (Å²) < 4.78 is 5.46. The van der Waals surface area contributed by atoms with Crippen molar-refractivity contribution in [3.63, 3.8) is 0 Å². The number of hydrogen-bond donors (Lipinski definition) is 1. The molecule has 16 heavy (non-hydrogen) atoms. The van der Waals surface area contributed by atoms with Crippen LogP contribution in [0, 0.1) is 0 Å². The molecule has 0 aliphatic rings. The molecule has 0 atom stereocenters. The van der Waals surface area contributed by atoms with Crippen LogP contribution in [0.2, 0.25) is 0 Å². The molecule has 0 spiro atoms. The van der Waals surface area contributed by atoms with Gasteiger partial charge in [-0.05, 0) is 26.2 Å². The van der Waals surface area contributed by atoms with Gasteiger partial charge in [0.1, 0.15) is 18.2 Å². The SMILES string of the molecule is CC(=O)Nc1ccc(OCCN(C)C)cn1. The number of hydrogen-bond acceptors (Lipinski definition) is 4. The van der Waals surface area contributed by atoms with Crippen LogP contribution in [-0.2, 0) is 4.79 Å². The van der Waals surface area contributed by atoms with E-state index in [1.54, 1.807) is 18.3 Å². The van der Waals surface area contributed by atoms with Gasteiger partial charge < -0.3 is 15.0 Å². The van der Waals surface area contributed by atoms with Crippen LogP contribution < -0.4 is 10.1 Å². The molecule has 5 nitrogen and oxygen atoms in total. The monoisotopic (exact) mass is 223 g/mol. The molecular weight excluding hydrogens is 206 g/mol. The second kappa shape index (κ2) is 6.07. The van der Waals surface area contributed by atoms with E-state index in [4.69, 9.17) is 4.74 Å². The summed E-state index contributed by atoms with van der Waals surface area (Å²) in [5, 5.41) is 2.59. The summed E-state index contributed by atoms with van der Waals surface area (Å²) >= 11 is 0. The zero-order valence-corrected chi connectivity index (χ0v) is 9.86. The van der Waals surface area contributed by atoms with Crippen LogP contribution in [0.3, 0.4) is 0 Å². The minimum Gasteiger partial charge on any atom is -0.491 e. The van der Waals surface area contributed by atoms with Gasteiger partial charge in [-0.25, -0.2) is 4.98 Å². The Bertz CT molecular complexity index is 336. The van der Waals surface area contributed by atoms with Gasteiger partial charge in [-0.15, -0.1) is 0 Å². The summed E-state index contributed by atoms with van der Waals surface area (Å²) in [6, 6.07) is 3.50. The van der Waals surface area contributed by atoms with Crippen LogP contribution in [-0.4, -0.2) is 43.0 Å². The lowest BCUT2D eigenvalue weighted by Gasteiger charge is -2.10. The second-order valence-electron chi connectivity index (χ2n) is 3.71. The lowest BCUT2D eigenvalue weighted by atomic mass is 10.4. The van der Waals surface area contributed by atoms with Crippen molar-refractivity contribution in [1.82, 2.24) is 9.88 Å². The van der Waals surface area contributed by atoms with Crippen molar-refractivity contribution in [2.24, 2.45) is 0 Å². The number of pyridine rings is 1. The first-order valence-corrected chi connectivity index (χ1v) is 5.09. The average molecular weight is 223 g/mol. The van der Waals surface area contributed by atoms with Crippen molar-refractivity contribution in [2.45, 2.75) is 6.92 Å². The quantitative estimate of drug-likeness (QED) is 0.808. The highest BCUT2D eigenvalue weighted by molar-refractivity contribution is 5.87. The van der Waals surface area contributed by atoms with Gasteiger partial charge in [0.05, 0.1) is 6.20 Å². The van der Waals surface area contributed by atoms with Gasteiger partial charge in [-0.1, -0.05) is 0 Å². The lowest BCUT2D eigenvalue weighted by Crippen LogP contribution is -2.19. The van der Waals surface area contributed by atoms with Gasteiger partial charge in [-0.2, -0.15) is 0 Å². The van der Waals surface area contributed by atoms with Crippen LogP contribution in [0.1, 0.15) is 6.92 Å². The molecule has 0 saturated heterocycles. The summed E-state index contributed by atoms with van der Waals surface area (Å²) in [7, 11) is 3.98. The zero-order chi connectivity index (χ0) is 12.0. The van der Waals surface area contributed by atoms with E-state index in [0.29, 0.717) is 18.2 Å². The first-order chi connectivity index (χ1) is 7.58. The predicted molar refractivity (Wildman–Crippen MR) is 62.6 cm³/mol. The Labute approximate surface area is 95.4 Å². The fourth-order valence-electron chi connectivity index (χ4n) is 1.07. The largest absolute Gasteiger partial charge is 0.491 e. The average Bonchev–Trinajstić information content (AvgIpc) is 2.19. The van der Waals surface area contributed by atoms with Crippen molar-refractivity contribution < 1.29 is 9.53 Å². The smallest absolute Gasteiger partial charge is 0.222 e. The third-order valence-electron chi connectivity index (χ3n) is 1.85. The molecule has 5 heteroatoms. The Morgan fingerprint density at radius 1 is 1.50 bits per heavy atom. The van der Waals surface area contributed by atoms with Gasteiger partial charge >= 0.3 is 0 Å². The Morgan fingerprint density at radius 2 is 2.25 bits per heavy atom. The van der Waals surface area contributed by atoms with E-state index >= 15 is 0 Å². The normalized spacial score (nSPS) is 10.2. The van der Waals surface area contributed by atoms with Gasteiger partial charge in [0, 0.05) is 13.5 Å². The van der Waals surface area contributed by atoms with E-state index < -0.39 is 0 Å². The van der Waals surface area contributed by atoms with Crippen molar-refractivity contribution in [3.8, 4) is 5.75 Å². The highest BCUT2D eigenvalue weighted by Crippen LogP contribution is 2.11. The van der Waals surface area contributed by atoms with E-state index in [1.807, 2.05) is 19.0 Å². The molecule has 1 heterocycles. The fraction of sp³-hybridized carbons (Fsp3) is 0.455.